The zero-order valence-corrected chi connectivity index (χ0v) is 13.4. The molecule has 0 radical (unpaired) electrons. The first kappa shape index (κ1) is 14.0. The number of thiophene rings is 1. The van der Waals surface area contributed by atoms with Crippen LogP contribution < -0.4 is 5.63 Å². The lowest BCUT2D eigenvalue weighted by Gasteiger charge is -2.18. The van der Waals surface area contributed by atoms with Crippen molar-refractivity contribution in [1.29, 1.82) is 0 Å². The highest BCUT2D eigenvalue weighted by atomic mass is 32.1. The quantitative estimate of drug-likeness (QED) is 0.663. The van der Waals surface area contributed by atoms with E-state index in [1.165, 1.54) is 16.9 Å². The van der Waals surface area contributed by atoms with Gasteiger partial charge in [-0.25, -0.2) is 9.78 Å². The molecule has 0 aliphatic rings. The Morgan fingerprint density at radius 2 is 1.81 bits per heavy atom. The van der Waals surface area contributed by atoms with Gasteiger partial charge >= 0.3 is 5.63 Å². The molecule has 0 aliphatic heterocycles. The van der Waals surface area contributed by atoms with Crippen molar-refractivity contribution in [3.8, 4) is 11.5 Å². The van der Waals surface area contributed by atoms with Crippen molar-refractivity contribution in [3.63, 3.8) is 0 Å². The van der Waals surface area contributed by atoms with Crippen LogP contribution in [0.15, 0.2) is 39.5 Å². The molecule has 0 aliphatic carbocycles. The second-order valence-electron chi connectivity index (χ2n) is 6.21. The summed E-state index contributed by atoms with van der Waals surface area (Å²) in [5.74, 6) is 0.384. The molecule has 0 saturated heterocycles. The van der Waals surface area contributed by atoms with Gasteiger partial charge in [0.25, 0.3) is 0 Å². The van der Waals surface area contributed by atoms with E-state index >= 15 is 0 Å². The molecule has 0 unspecified atom stereocenters. The molecule has 2 aromatic heterocycles. The monoisotopic (exact) mass is 299 g/mol. The van der Waals surface area contributed by atoms with Gasteiger partial charge in [-0.05, 0) is 36.1 Å². The summed E-state index contributed by atoms with van der Waals surface area (Å²) in [5.41, 5.74) is 1.84. The summed E-state index contributed by atoms with van der Waals surface area (Å²) in [5, 5.41) is 0.563. The number of aryl methyl sites for hydroxylation is 1. The van der Waals surface area contributed by atoms with Gasteiger partial charge in [0.1, 0.15) is 4.83 Å². The first-order chi connectivity index (χ1) is 9.84. The second kappa shape index (κ2) is 4.81. The number of fused-ring (bicyclic) bond motifs is 1. The Labute approximate surface area is 127 Å². The molecule has 3 nitrogen and oxygen atoms in total. The van der Waals surface area contributed by atoms with Crippen LogP contribution in [0.1, 0.15) is 31.2 Å². The predicted molar refractivity (Wildman–Crippen MR) is 87.0 cm³/mol. The first-order valence-electron chi connectivity index (χ1n) is 6.87. The Kier molecular flexibility index (Phi) is 3.21. The third-order valence-electron chi connectivity index (χ3n) is 3.45. The van der Waals surface area contributed by atoms with Crippen molar-refractivity contribution in [3.05, 3.63) is 51.2 Å². The van der Waals surface area contributed by atoms with E-state index < -0.39 is 0 Å². The minimum absolute atomic E-state index is 0.0988. The highest BCUT2D eigenvalue weighted by Crippen LogP contribution is 2.27. The van der Waals surface area contributed by atoms with Crippen LogP contribution in [0.4, 0.5) is 0 Å². The van der Waals surface area contributed by atoms with E-state index in [2.05, 4.69) is 37.9 Å². The van der Waals surface area contributed by atoms with Gasteiger partial charge in [0, 0.05) is 10.4 Å². The molecule has 0 fully saturated rings. The third-order valence-corrected chi connectivity index (χ3v) is 4.39. The van der Waals surface area contributed by atoms with E-state index in [0.29, 0.717) is 11.3 Å². The maximum Gasteiger partial charge on any atom is 0.347 e. The molecular formula is C17H17NO2S. The van der Waals surface area contributed by atoms with Gasteiger partial charge in [0.2, 0.25) is 5.89 Å². The number of nitrogens with zero attached hydrogens (tertiary/aromatic N) is 1. The Morgan fingerprint density at radius 3 is 2.43 bits per heavy atom. The van der Waals surface area contributed by atoms with E-state index in [1.807, 2.05) is 25.1 Å². The van der Waals surface area contributed by atoms with Crippen LogP contribution in [0, 0.1) is 6.92 Å². The van der Waals surface area contributed by atoms with Gasteiger partial charge in [-0.15, -0.1) is 11.3 Å². The highest BCUT2D eigenvalue weighted by molar-refractivity contribution is 7.18. The molecule has 0 bridgehead atoms. The third kappa shape index (κ3) is 2.63. The van der Waals surface area contributed by atoms with E-state index in [4.69, 9.17) is 4.42 Å². The molecule has 1 aromatic carbocycles. The van der Waals surface area contributed by atoms with E-state index in [0.717, 1.165) is 15.3 Å². The molecule has 21 heavy (non-hydrogen) atoms. The van der Waals surface area contributed by atoms with E-state index in [9.17, 15) is 4.79 Å². The second-order valence-corrected chi connectivity index (χ2v) is 7.44. The highest BCUT2D eigenvalue weighted by Gasteiger charge is 2.15. The smallest absolute Gasteiger partial charge is 0.347 e. The lowest BCUT2D eigenvalue weighted by molar-refractivity contribution is 0.518. The van der Waals surface area contributed by atoms with Gasteiger partial charge in [0.15, 0.2) is 0 Å². The van der Waals surface area contributed by atoms with E-state index in [-0.39, 0.29) is 11.0 Å². The summed E-state index contributed by atoms with van der Waals surface area (Å²) in [6, 6.07) is 9.85. The minimum atomic E-state index is -0.320. The fraction of sp³-hybridized carbons (Fsp3) is 0.294. The summed E-state index contributed by atoms with van der Waals surface area (Å²) >= 11 is 1.51. The van der Waals surface area contributed by atoms with Gasteiger partial charge in [-0.2, -0.15) is 0 Å². The van der Waals surface area contributed by atoms with Crippen molar-refractivity contribution < 1.29 is 4.42 Å². The van der Waals surface area contributed by atoms with Crippen LogP contribution >= 0.6 is 11.3 Å². The summed E-state index contributed by atoms with van der Waals surface area (Å²) in [4.78, 5) is 18.3. The maximum absolute atomic E-state index is 12.0. The summed E-state index contributed by atoms with van der Waals surface area (Å²) in [6.45, 7) is 8.46. The van der Waals surface area contributed by atoms with Gasteiger partial charge in [0.05, 0.1) is 5.39 Å². The average molecular weight is 299 g/mol. The van der Waals surface area contributed by atoms with Gasteiger partial charge in [-0.1, -0.05) is 32.9 Å². The molecular weight excluding hydrogens is 282 g/mol. The van der Waals surface area contributed by atoms with Crippen molar-refractivity contribution >= 4 is 21.6 Å². The SMILES string of the molecule is Cc1cc2c(=O)oc(-c3ccc(C(C)(C)C)cc3)nc2s1. The fourth-order valence-corrected chi connectivity index (χ4v) is 3.09. The first-order valence-corrected chi connectivity index (χ1v) is 7.68. The summed E-state index contributed by atoms with van der Waals surface area (Å²) in [7, 11) is 0. The lowest BCUT2D eigenvalue weighted by Crippen LogP contribution is -2.10. The Balaban J connectivity index is 2.10. The van der Waals surface area contributed by atoms with Crippen molar-refractivity contribution in [2.24, 2.45) is 0 Å². The molecule has 0 N–H and O–H groups in total. The zero-order valence-electron chi connectivity index (χ0n) is 12.6. The summed E-state index contributed by atoms with van der Waals surface area (Å²) < 4.78 is 5.36. The van der Waals surface area contributed by atoms with Crippen molar-refractivity contribution in [2.45, 2.75) is 33.1 Å². The fourth-order valence-electron chi connectivity index (χ4n) is 2.23. The van der Waals surface area contributed by atoms with Crippen LogP contribution in [0.25, 0.3) is 21.7 Å². The topological polar surface area (TPSA) is 43.1 Å². The van der Waals surface area contributed by atoms with Crippen molar-refractivity contribution in [2.75, 3.05) is 0 Å². The summed E-state index contributed by atoms with van der Waals surface area (Å²) in [6.07, 6.45) is 0. The number of aromatic nitrogens is 1. The minimum Gasteiger partial charge on any atom is -0.403 e. The molecule has 108 valence electrons. The molecule has 0 saturated carbocycles. The molecule has 2 heterocycles. The van der Waals surface area contributed by atoms with Gasteiger partial charge < -0.3 is 4.42 Å². The number of hydrogen-bond donors (Lipinski definition) is 0. The molecule has 3 rings (SSSR count). The largest absolute Gasteiger partial charge is 0.403 e. The van der Waals surface area contributed by atoms with Crippen molar-refractivity contribution in [1.82, 2.24) is 4.98 Å². The van der Waals surface area contributed by atoms with Crippen LogP contribution in [-0.4, -0.2) is 4.98 Å². The Bertz CT molecular complexity index is 851. The van der Waals surface area contributed by atoms with Crippen LogP contribution in [0.3, 0.4) is 0 Å². The molecule has 0 atom stereocenters. The van der Waals surface area contributed by atoms with Crippen LogP contribution in [0.5, 0.6) is 0 Å². The maximum atomic E-state index is 12.0. The lowest BCUT2D eigenvalue weighted by atomic mass is 9.87. The van der Waals surface area contributed by atoms with Gasteiger partial charge in [-0.3, -0.25) is 0 Å². The average Bonchev–Trinajstić information content (AvgIpc) is 2.79. The molecule has 4 heteroatoms. The molecule has 0 amide bonds. The Morgan fingerprint density at radius 1 is 1.14 bits per heavy atom. The molecule has 3 aromatic rings. The van der Waals surface area contributed by atoms with Crippen LogP contribution in [0.2, 0.25) is 0 Å². The Hall–Kier alpha value is -1.94. The van der Waals surface area contributed by atoms with E-state index in [1.54, 1.807) is 0 Å². The number of benzene rings is 1. The number of hydrogen-bond acceptors (Lipinski definition) is 4. The number of rotatable bonds is 1. The predicted octanol–water partition coefficient (Wildman–Crippen LogP) is 4.52. The standard InChI is InChI=1S/C17H17NO2S/c1-10-9-13-15(21-10)18-14(20-16(13)19)11-5-7-12(8-6-11)17(2,3)4/h5-9H,1-4H3. The normalized spacial score (nSPS) is 12.0. The van der Waals surface area contributed by atoms with Crippen LogP contribution in [-0.2, 0) is 5.41 Å². The molecule has 0 spiro atoms. The zero-order chi connectivity index (χ0) is 15.2.